The Kier molecular flexibility index (Phi) is 4.94. The molecule has 0 spiro atoms. The first kappa shape index (κ1) is 17.1. The summed E-state index contributed by atoms with van der Waals surface area (Å²) < 4.78 is 26.3. The van der Waals surface area contributed by atoms with Crippen molar-refractivity contribution in [2.45, 2.75) is 4.90 Å². The molecule has 0 unspecified atom stereocenters. The third kappa shape index (κ3) is 3.95. The Hall–Kier alpha value is -3.21. The van der Waals surface area contributed by atoms with Gasteiger partial charge in [-0.2, -0.15) is 0 Å². The van der Waals surface area contributed by atoms with E-state index >= 15 is 0 Å². The Labute approximate surface area is 137 Å². The molecule has 1 aromatic carbocycles. The SMILES string of the molecule is CNC(=O)NS(=O)(=O)c1cnccc1Nc1cccc([N+](=O)[O-])c1. The molecule has 126 valence electrons. The van der Waals surface area contributed by atoms with E-state index in [1.165, 1.54) is 43.6 Å². The first-order valence-electron chi connectivity index (χ1n) is 6.53. The zero-order chi connectivity index (χ0) is 17.7. The van der Waals surface area contributed by atoms with Crippen LogP contribution >= 0.6 is 0 Å². The van der Waals surface area contributed by atoms with Gasteiger partial charge in [0.1, 0.15) is 4.90 Å². The molecular formula is C13H13N5O5S. The normalized spacial score (nSPS) is 10.7. The van der Waals surface area contributed by atoms with Crippen molar-refractivity contribution >= 4 is 33.1 Å². The van der Waals surface area contributed by atoms with Gasteiger partial charge in [-0.3, -0.25) is 15.1 Å². The van der Waals surface area contributed by atoms with E-state index in [1.807, 2.05) is 4.72 Å². The van der Waals surface area contributed by atoms with Gasteiger partial charge in [0.2, 0.25) is 0 Å². The lowest BCUT2D eigenvalue weighted by molar-refractivity contribution is -0.384. The largest absolute Gasteiger partial charge is 0.354 e. The van der Waals surface area contributed by atoms with E-state index < -0.39 is 21.0 Å². The fraction of sp³-hybridized carbons (Fsp3) is 0.0769. The summed E-state index contributed by atoms with van der Waals surface area (Å²) in [6, 6.07) is 6.03. The molecule has 0 aliphatic carbocycles. The molecule has 2 rings (SSSR count). The van der Waals surface area contributed by atoms with Crippen LogP contribution in [0.25, 0.3) is 0 Å². The number of hydrogen-bond donors (Lipinski definition) is 3. The number of sulfonamides is 1. The van der Waals surface area contributed by atoms with Crippen LogP contribution in [0.1, 0.15) is 0 Å². The van der Waals surface area contributed by atoms with Gasteiger partial charge in [0.05, 0.1) is 10.6 Å². The van der Waals surface area contributed by atoms with Gasteiger partial charge in [-0.05, 0) is 12.1 Å². The smallest absolute Gasteiger partial charge is 0.328 e. The molecule has 0 bridgehead atoms. The second kappa shape index (κ2) is 6.91. The van der Waals surface area contributed by atoms with Gasteiger partial charge in [0.25, 0.3) is 15.7 Å². The molecule has 0 aliphatic heterocycles. The average molecular weight is 351 g/mol. The van der Waals surface area contributed by atoms with Crippen LogP contribution in [0.15, 0.2) is 47.6 Å². The fourth-order valence-electron chi connectivity index (χ4n) is 1.78. The molecule has 24 heavy (non-hydrogen) atoms. The first-order chi connectivity index (χ1) is 11.3. The number of amides is 2. The summed E-state index contributed by atoms with van der Waals surface area (Å²) in [6.45, 7) is 0. The monoisotopic (exact) mass is 351 g/mol. The highest BCUT2D eigenvalue weighted by atomic mass is 32.2. The summed E-state index contributed by atoms with van der Waals surface area (Å²) in [6.07, 6.45) is 2.41. The number of pyridine rings is 1. The highest BCUT2D eigenvalue weighted by Crippen LogP contribution is 2.25. The number of rotatable bonds is 5. The quantitative estimate of drug-likeness (QED) is 0.545. The number of nitro groups is 1. The van der Waals surface area contributed by atoms with Gasteiger partial charge in [-0.1, -0.05) is 6.07 Å². The zero-order valence-electron chi connectivity index (χ0n) is 12.4. The number of urea groups is 1. The number of nitrogens with one attached hydrogen (secondary N) is 3. The van der Waals surface area contributed by atoms with Crippen molar-refractivity contribution < 1.29 is 18.1 Å². The van der Waals surface area contributed by atoms with Crippen molar-refractivity contribution in [1.29, 1.82) is 0 Å². The summed E-state index contributed by atoms with van der Waals surface area (Å²) >= 11 is 0. The molecule has 2 amide bonds. The number of nitrogens with zero attached hydrogens (tertiary/aromatic N) is 2. The van der Waals surface area contributed by atoms with E-state index in [9.17, 15) is 23.3 Å². The molecule has 0 atom stereocenters. The van der Waals surface area contributed by atoms with Crippen LogP contribution in [0, 0.1) is 10.1 Å². The van der Waals surface area contributed by atoms with Crippen molar-refractivity contribution in [2.75, 3.05) is 12.4 Å². The number of benzene rings is 1. The van der Waals surface area contributed by atoms with Crippen LogP contribution in [-0.4, -0.2) is 31.4 Å². The second-order valence-corrected chi connectivity index (χ2v) is 6.14. The predicted molar refractivity (Wildman–Crippen MR) is 85.4 cm³/mol. The molecule has 0 saturated carbocycles. The van der Waals surface area contributed by atoms with Gasteiger partial charge in [-0.15, -0.1) is 0 Å². The third-order valence-corrected chi connectivity index (χ3v) is 4.22. The molecular weight excluding hydrogens is 338 g/mol. The number of non-ortho nitro benzene ring substituents is 1. The van der Waals surface area contributed by atoms with Gasteiger partial charge in [0.15, 0.2) is 0 Å². The number of anilines is 2. The fourth-order valence-corrected chi connectivity index (χ4v) is 2.84. The van der Waals surface area contributed by atoms with Gasteiger partial charge in [0, 0.05) is 37.3 Å². The Balaban J connectivity index is 2.38. The van der Waals surface area contributed by atoms with E-state index in [4.69, 9.17) is 0 Å². The summed E-state index contributed by atoms with van der Waals surface area (Å²) in [5.74, 6) is 0. The number of hydrogen-bond acceptors (Lipinski definition) is 7. The molecule has 0 fully saturated rings. The third-order valence-electron chi connectivity index (χ3n) is 2.86. The Morgan fingerprint density at radius 2 is 2.04 bits per heavy atom. The summed E-state index contributed by atoms with van der Waals surface area (Å²) in [5, 5.41) is 15.7. The zero-order valence-corrected chi connectivity index (χ0v) is 13.2. The molecule has 2 aromatic rings. The number of carbonyl (C=O) groups excluding carboxylic acids is 1. The maximum absolute atomic E-state index is 12.2. The number of aromatic nitrogens is 1. The van der Waals surface area contributed by atoms with Crippen molar-refractivity contribution in [3.63, 3.8) is 0 Å². The van der Waals surface area contributed by atoms with Crippen molar-refractivity contribution in [3.8, 4) is 0 Å². The summed E-state index contributed by atoms with van der Waals surface area (Å²) in [4.78, 5) is 25.0. The van der Waals surface area contributed by atoms with E-state index in [1.54, 1.807) is 0 Å². The highest BCUT2D eigenvalue weighted by Gasteiger charge is 2.21. The minimum atomic E-state index is -4.17. The Morgan fingerprint density at radius 3 is 2.71 bits per heavy atom. The second-order valence-electron chi connectivity index (χ2n) is 4.49. The van der Waals surface area contributed by atoms with E-state index in [-0.39, 0.29) is 16.3 Å². The first-order valence-corrected chi connectivity index (χ1v) is 8.02. The Morgan fingerprint density at radius 1 is 1.29 bits per heavy atom. The van der Waals surface area contributed by atoms with E-state index in [0.29, 0.717) is 5.69 Å². The number of nitro benzene ring substituents is 1. The summed E-state index contributed by atoms with van der Waals surface area (Å²) in [5.41, 5.74) is 0.274. The molecule has 0 aliphatic rings. The van der Waals surface area contributed by atoms with Crippen LogP contribution in [0.5, 0.6) is 0 Å². The molecule has 3 N–H and O–H groups in total. The van der Waals surface area contributed by atoms with Gasteiger partial charge < -0.3 is 10.6 Å². The lowest BCUT2D eigenvalue weighted by atomic mass is 10.2. The van der Waals surface area contributed by atoms with E-state index in [2.05, 4.69) is 15.6 Å². The minimum Gasteiger partial charge on any atom is -0.354 e. The minimum absolute atomic E-state index is 0.113. The van der Waals surface area contributed by atoms with Crippen LogP contribution in [0.4, 0.5) is 21.9 Å². The van der Waals surface area contributed by atoms with Crippen LogP contribution in [0.2, 0.25) is 0 Å². The standard InChI is InChI=1S/C13H13N5O5S/c1-14-13(19)17-24(22,23)12-8-15-6-5-11(12)16-9-3-2-4-10(7-9)18(20)21/h2-8H,1H3,(H,15,16)(H2,14,17,19). The highest BCUT2D eigenvalue weighted by molar-refractivity contribution is 7.90. The number of carbonyl (C=O) groups is 1. The van der Waals surface area contributed by atoms with Crippen molar-refractivity contribution in [1.82, 2.24) is 15.0 Å². The maximum atomic E-state index is 12.2. The van der Waals surface area contributed by atoms with E-state index in [0.717, 1.165) is 6.20 Å². The topological polar surface area (TPSA) is 143 Å². The lowest BCUT2D eigenvalue weighted by Gasteiger charge is -2.12. The lowest BCUT2D eigenvalue weighted by Crippen LogP contribution is -2.37. The van der Waals surface area contributed by atoms with Gasteiger partial charge in [-0.25, -0.2) is 17.9 Å². The van der Waals surface area contributed by atoms with Crippen LogP contribution in [0.3, 0.4) is 0 Å². The van der Waals surface area contributed by atoms with Crippen molar-refractivity contribution in [2.24, 2.45) is 0 Å². The molecule has 0 saturated heterocycles. The molecule has 1 heterocycles. The van der Waals surface area contributed by atoms with Crippen molar-refractivity contribution in [3.05, 3.63) is 52.8 Å². The van der Waals surface area contributed by atoms with Crippen LogP contribution in [-0.2, 0) is 10.0 Å². The summed E-state index contributed by atoms with van der Waals surface area (Å²) in [7, 11) is -2.90. The predicted octanol–water partition coefficient (Wildman–Crippen LogP) is 1.35. The Bertz CT molecular complexity index is 884. The van der Waals surface area contributed by atoms with Gasteiger partial charge >= 0.3 is 6.03 Å². The molecule has 11 heteroatoms. The average Bonchev–Trinajstić information content (AvgIpc) is 2.55. The van der Waals surface area contributed by atoms with Crippen LogP contribution < -0.4 is 15.4 Å². The molecule has 10 nitrogen and oxygen atoms in total. The molecule has 0 radical (unpaired) electrons. The maximum Gasteiger partial charge on any atom is 0.328 e. The molecule has 1 aromatic heterocycles.